The molecule has 0 atom stereocenters. The molecule has 0 saturated carbocycles. The first kappa shape index (κ1) is 16.1. The monoisotopic (exact) mass is 344 g/mol. The number of benzene rings is 1. The molecule has 124 valence electrons. The maximum absolute atomic E-state index is 12.6. The van der Waals surface area contributed by atoms with Gasteiger partial charge in [0.25, 0.3) is 5.56 Å². The fraction of sp³-hybridized carbons (Fsp3) is 0.250. The van der Waals surface area contributed by atoms with Crippen LogP contribution in [0.1, 0.15) is 12.6 Å². The summed E-state index contributed by atoms with van der Waals surface area (Å²) in [5, 5.41) is 5.40. The molecular formula is C16H16N4O3S. The molecule has 0 radical (unpaired) electrons. The summed E-state index contributed by atoms with van der Waals surface area (Å²) < 4.78 is 2.44. The first-order chi connectivity index (χ1) is 11.5. The lowest BCUT2D eigenvalue weighted by Crippen LogP contribution is -2.41. The highest BCUT2D eigenvalue weighted by Gasteiger charge is 2.15. The van der Waals surface area contributed by atoms with E-state index in [1.54, 1.807) is 31.2 Å². The Bertz CT molecular complexity index is 1030. The maximum Gasteiger partial charge on any atom is 0.331 e. The summed E-state index contributed by atoms with van der Waals surface area (Å²) in [5.74, 6) is -0.363. The highest BCUT2D eigenvalue weighted by molar-refractivity contribution is 7.13. The quantitative estimate of drug-likeness (QED) is 0.779. The smallest absolute Gasteiger partial charge is 0.300 e. The minimum Gasteiger partial charge on any atom is -0.300 e. The molecule has 0 aliphatic rings. The van der Waals surface area contributed by atoms with Gasteiger partial charge in [-0.2, -0.15) is 0 Å². The van der Waals surface area contributed by atoms with Crippen molar-refractivity contribution >= 4 is 33.3 Å². The molecule has 1 amide bonds. The molecule has 0 saturated heterocycles. The summed E-state index contributed by atoms with van der Waals surface area (Å²) in [7, 11) is 0. The van der Waals surface area contributed by atoms with Crippen molar-refractivity contribution in [1.82, 2.24) is 14.1 Å². The zero-order valence-electron chi connectivity index (χ0n) is 13.3. The first-order valence-electron chi connectivity index (χ1n) is 7.45. The SMILES string of the molecule is CCn1c(=O)c2ccccc2n(CC(=O)Nc2nc(C)cs2)c1=O. The number of nitrogens with one attached hydrogen (secondary N) is 1. The van der Waals surface area contributed by atoms with Gasteiger partial charge in [0.1, 0.15) is 6.54 Å². The highest BCUT2D eigenvalue weighted by Crippen LogP contribution is 2.14. The van der Waals surface area contributed by atoms with Crippen LogP contribution in [0.5, 0.6) is 0 Å². The third-order valence-corrected chi connectivity index (χ3v) is 4.49. The predicted molar refractivity (Wildman–Crippen MR) is 93.6 cm³/mol. The van der Waals surface area contributed by atoms with Gasteiger partial charge in [-0.05, 0) is 26.0 Å². The average Bonchev–Trinajstić information content (AvgIpc) is 2.97. The average molecular weight is 344 g/mol. The van der Waals surface area contributed by atoms with Crippen molar-refractivity contribution in [3.8, 4) is 0 Å². The van der Waals surface area contributed by atoms with Crippen molar-refractivity contribution in [2.75, 3.05) is 5.32 Å². The molecule has 2 heterocycles. The Morgan fingerprint density at radius 3 is 2.67 bits per heavy atom. The predicted octanol–water partition coefficient (Wildman–Crippen LogP) is 1.59. The number of thiazole rings is 1. The van der Waals surface area contributed by atoms with E-state index in [1.807, 2.05) is 12.3 Å². The Kier molecular flexibility index (Phi) is 4.30. The van der Waals surface area contributed by atoms with E-state index in [2.05, 4.69) is 10.3 Å². The number of nitrogens with zero attached hydrogens (tertiary/aromatic N) is 3. The second kappa shape index (κ2) is 6.40. The Labute approximate surface area is 141 Å². The van der Waals surface area contributed by atoms with Crippen molar-refractivity contribution in [2.24, 2.45) is 0 Å². The second-order valence-electron chi connectivity index (χ2n) is 5.28. The van der Waals surface area contributed by atoms with E-state index >= 15 is 0 Å². The lowest BCUT2D eigenvalue weighted by Gasteiger charge is -2.12. The summed E-state index contributed by atoms with van der Waals surface area (Å²) >= 11 is 1.32. The lowest BCUT2D eigenvalue weighted by atomic mass is 10.2. The van der Waals surface area contributed by atoms with Gasteiger partial charge < -0.3 is 5.32 Å². The van der Waals surface area contributed by atoms with Crippen molar-refractivity contribution in [1.29, 1.82) is 0 Å². The number of para-hydroxylation sites is 1. The van der Waals surface area contributed by atoms with Crippen LogP contribution in [-0.2, 0) is 17.9 Å². The molecule has 24 heavy (non-hydrogen) atoms. The summed E-state index contributed by atoms with van der Waals surface area (Å²) in [4.78, 5) is 41.4. The summed E-state index contributed by atoms with van der Waals surface area (Å²) in [6, 6.07) is 6.79. The fourth-order valence-corrected chi connectivity index (χ4v) is 3.22. The van der Waals surface area contributed by atoms with Gasteiger partial charge in [0.15, 0.2) is 5.13 Å². The third-order valence-electron chi connectivity index (χ3n) is 3.62. The van der Waals surface area contributed by atoms with Crippen LogP contribution in [0.2, 0.25) is 0 Å². The van der Waals surface area contributed by atoms with Gasteiger partial charge in [-0.1, -0.05) is 12.1 Å². The van der Waals surface area contributed by atoms with Gasteiger partial charge >= 0.3 is 5.69 Å². The number of aromatic nitrogens is 3. The number of rotatable bonds is 4. The number of hydrogen-bond donors (Lipinski definition) is 1. The van der Waals surface area contributed by atoms with Crippen LogP contribution in [0.3, 0.4) is 0 Å². The molecule has 0 unspecified atom stereocenters. The van der Waals surface area contributed by atoms with Gasteiger partial charge in [0.2, 0.25) is 5.91 Å². The molecule has 0 spiro atoms. The molecular weight excluding hydrogens is 328 g/mol. The topological polar surface area (TPSA) is 86.0 Å². The zero-order valence-corrected chi connectivity index (χ0v) is 14.1. The standard InChI is InChI=1S/C16H16N4O3S/c1-3-19-14(22)11-6-4-5-7-12(11)20(16(19)23)8-13(21)18-15-17-10(2)9-24-15/h4-7,9H,3,8H2,1-2H3,(H,17,18,21). The van der Waals surface area contributed by atoms with Crippen molar-refractivity contribution < 1.29 is 4.79 Å². The first-order valence-corrected chi connectivity index (χ1v) is 8.33. The summed E-state index contributed by atoms with van der Waals surface area (Å²) in [6.45, 7) is 3.62. The largest absolute Gasteiger partial charge is 0.331 e. The number of carbonyl (C=O) groups is 1. The normalized spacial score (nSPS) is 10.9. The van der Waals surface area contributed by atoms with E-state index < -0.39 is 5.69 Å². The molecule has 0 bridgehead atoms. The van der Waals surface area contributed by atoms with Crippen LogP contribution in [0.15, 0.2) is 39.2 Å². The number of amides is 1. The third kappa shape index (κ3) is 2.88. The molecule has 0 fully saturated rings. The van der Waals surface area contributed by atoms with E-state index in [1.165, 1.54) is 15.9 Å². The van der Waals surface area contributed by atoms with Crippen LogP contribution in [0, 0.1) is 6.92 Å². The lowest BCUT2D eigenvalue weighted by molar-refractivity contribution is -0.116. The van der Waals surface area contributed by atoms with Gasteiger partial charge in [-0.3, -0.25) is 18.7 Å². The molecule has 0 aliphatic heterocycles. The van der Waals surface area contributed by atoms with E-state index in [4.69, 9.17) is 0 Å². The van der Waals surface area contributed by atoms with E-state index in [9.17, 15) is 14.4 Å². The molecule has 7 nitrogen and oxygen atoms in total. The molecule has 3 rings (SSSR count). The Morgan fingerprint density at radius 1 is 1.25 bits per heavy atom. The minimum atomic E-state index is -0.494. The van der Waals surface area contributed by atoms with Crippen LogP contribution < -0.4 is 16.6 Å². The molecule has 8 heteroatoms. The van der Waals surface area contributed by atoms with Crippen LogP contribution in [-0.4, -0.2) is 20.0 Å². The Hall–Kier alpha value is -2.74. The van der Waals surface area contributed by atoms with Gasteiger partial charge in [0.05, 0.1) is 16.6 Å². The number of anilines is 1. The Balaban J connectivity index is 2.04. The fourth-order valence-electron chi connectivity index (χ4n) is 2.52. The summed E-state index contributed by atoms with van der Waals surface area (Å²) in [5.41, 5.74) is 0.428. The van der Waals surface area contributed by atoms with Gasteiger partial charge in [-0.25, -0.2) is 9.78 Å². The van der Waals surface area contributed by atoms with E-state index in [-0.39, 0.29) is 24.6 Å². The second-order valence-corrected chi connectivity index (χ2v) is 6.14. The van der Waals surface area contributed by atoms with Crippen LogP contribution >= 0.6 is 11.3 Å². The maximum atomic E-state index is 12.6. The number of fused-ring (bicyclic) bond motifs is 1. The molecule has 2 aromatic heterocycles. The number of hydrogen-bond acceptors (Lipinski definition) is 5. The molecule has 3 aromatic rings. The van der Waals surface area contributed by atoms with Crippen LogP contribution in [0.25, 0.3) is 10.9 Å². The Morgan fingerprint density at radius 2 is 2.00 bits per heavy atom. The van der Waals surface area contributed by atoms with E-state index in [0.29, 0.717) is 16.0 Å². The van der Waals surface area contributed by atoms with E-state index in [0.717, 1.165) is 10.3 Å². The minimum absolute atomic E-state index is 0.182. The molecule has 0 aliphatic carbocycles. The van der Waals surface area contributed by atoms with Gasteiger partial charge in [0, 0.05) is 11.9 Å². The number of carbonyl (C=O) groups excluding carboxylic acids is 1. The van der Waals surface area contributed by atoms with Crippen LogP contribution in [0.4, 0.5) is 5.13 Å². The molecule has 1 N–H and O–H groups in total. The summed E-state index contributed by atoms with van der Waals surface area (Å²) in [6.07, 6.45) is 0. The number of aryl methyl sites for hydroxylation is 1. The molecule has 1 aromatic carbocycles. The zero-order chi connectivity index (χ0) is 17.3. The van der Waals surface area contributed by atoms with Crippen molar-refractivity contribution in [3.63, 3.8) is 0 Å². The van der Waals surface area contributed by atoms with Crippen molar-refractivity contribution in [2.45, 2.75) is 26.9 Å². The highest BCUT2D eigenvalue weighted by atomic mass is 32.1. The van der Waals surface area contributed by atoms with Crippen molar-refractivity contribution in [3.05, 3.63) is 56.2 Å². The van der Waals surface area contributed by atoms with Gasteiger partial charge in [-0.15, -0.1) is 11.3 Å².